The molecule has 1 unspecified atom stereocenters. The van der Waals surface area contributed by atoms with Crippen LogP contribution in [0.15, 0.2) is 35.3 Å². The SMILES string of the molecule is CN=C(NCCCOC1CCOC1)NCc1ccccc1-n1nc(C)cc1C.I. The highest BCUT2D eigenvalue weighted by Gasteiger charge is 2.15. The van der Waals surface area contributed by atoms with Gasteiger partial charge in [-0.2, -0.15) is 5.10 Å². The molecular formula is C21H32IN5O2. The lowest BCUT2D eigenvalue weighted by molar-refractivity contribution is 0.0420. The largest absolute Gasteiger partial charge is 0.379 e. The van der Waals surface area contributed by atoms with Crippen molar-refractivity contribution in [2.45, 2.75) is 39.3 Å². The summed E-state index contributed by atoms with van der Waals surface area (Å²) in [6.07, 6.45) is 2.20. The lowest BCUT2D eigenvalue weighted by Gasteiger charge is -2.15. The van der Waals surface area contributed by atoms with E-state index in [0.717, 1.165) is 62.2 Å². The first-order valence-corrected chi connectivity index (χ1v) is 9.93. The van der Waals surface area contributed by atoms with Crippen LogP contribution in [0.3, 0.4) is 0 Å². The van der Waals surface area contributed by atoms with E-state index in [0.29, 0.717) is 6.54 Å². The molecule has 2 N–H and O–H groups in total. The van der Waals surface area contributed by atoms with Crippen LogP contribution in [0.2, 0.25) is 0 Å². The van der Waals surface area contributed by atoms with Crippen LogP contribution in [0.25, 0.3) is 5.69 Å². The molecule has 0 amide bonds. The van der Waals surface area contributed by atoms with Gasteiger partial charge in [-0.15, -0.1) is 24.0 Å². The fraction of sp³-hybridized carbons (Fsp3) is 0.524. The molecule has 29 heavy (non-hydrogen) atoms. The van der Waals surface area contributed by atoms with Crippen molar-refractivity contribution in [2.24, 2.45) is 4.99 Å². The minimum absolute atomic E-state index is 0. The second kappa shape index (κ2) is 12.1. The molecule has 160 valence electrons. The summed E-state index contributed by atoms with van der Waals surface area (Å²) in [6.45, 7) is 7.85. The molecule has 1 saturated heterocycles. The smallest absolute Gasteiger partial charge is 0.191 e. The van der Waals surface area contributed by atoms with Crippen LogP contribution >= 0.6 is 24.0 Å². The molecule has 0 spiro atoms. The molecule has 1 atom stereocenters. The van der Waals surface area contributed by atoms with E-state index in [1.54, 1.807) is 7.05 Å². The summed E-state index contributed by atoms with van der Waals surface area (Å²) >= 11 is 0. The molecule has 1 aromatic heterocycles. The molecule has 8 heteroatoms. The Kier molecular flexibility index (Phi) is 9.89. The average molecular weight is 513 g/mol. The van der Waals surface area contributed by atoms with Gasteiger partial charge in [0.05, 0.1) is 24.1 Å². The van der Waals surface area contributed by atoms with E-state index in [-0.39, 0.29) is 30.1 Å². The van der Waals surface area contributed by atoms with Crippen molar-refractivity contribution >= 4 is 29.9 Å². The molecule has 2 heterocycles. The van der Waals surface area contributed by atoms with Gasteiger partial charge in [-0.25, -0.2) is 4.68 Å². The van der Waals surface area contributed by atoms with Gasteiger partial charge < -0.3 is 20.1 Å². The third-order valence-corrected chi connectivity index (χ3v) is 4.75. The van der Waals surface area contributed by atoms with E-state index >= 15 is 0 Å². The monoisotopic (exact) mass is 513 g/mol. The molecule has 1 fully saturated rings. The first kappa shape index (κ1) is 23.6. The topological polar surface area (TPSA) is 72.7 Å². The Morgan fingerprint density at radius 1 is 1.31 bits per heavy atom. The van der Waals surface area contributed by atoms with Crippen molar-refractivity contribution in [2.75, 3.05) is 33.4 Å². The van der Waals surface area contributed by atoms with Gasteiger partial charge in [0, 0.05) is 39.0 Å². The first-order chi connectivity index (χ1) is 13.7. The number of aryl methyl sites for hydroxylation is 2. The molecule has 3 rings (SSSR count). The maximum absolute atomic E-state index is 5.79. The first-order valence-electron chi connectivity index (χ1n) is 9.93. The Hall–Kier alpha value is -1.65. The van der Waals surface area contributed by atoms with Crippen LogP contribution in [0.5, 0.6) is 0 Å². The lowest BCUT2D eigenvalue weighted by atomic mass is 10.1. The number of para-hydroxylation sites is 1. The number of hydrogen-bond acceptors (Lipinski definition) is 4. The van der Waals surface area contributed by atoms with Crippen LogP contribution in [0.1, 0.15) is 29.8 Å². The molecule has 2 aromatic rings. The molecular weight excluding hydrogens is 481 g/mol. The molecule has 0 bridgehead atoms. The van der Waals surface area contributed by atoms with Crippen LogP contribution in [-0.2, 0) is 16.0 Å². The van der Waals surface area contributed by atoms with Gasteiger partial charge in [-0.3, -0.25) is 4.99 Å². The molecule has 1 aromatic carbocycles. The van der Waals surface area contributed by atoms with E-state index in [1.165, 1.54) is 5.56 Å². The van der Waals surface area contributed by atoms with Gasteiger partial charge in [-0.1, -0.05) is 18.2 Å². The zero-order valence-electron chi connectivity index (χ0n) is 17.5. The Morgan fingerprint density at radius 3 is 2.83 bits per heavy atom. The predicted octanol–water partition coefficient (Wildman–Crippen LogP) is 2.97. The van der Waals surface area contributed by atoms with Gasteiger partial charge in [-0.05, 0) is 44.4 Å². The minimum atomic E-state index is 0. The van der Waals surface area contributed by atoms with Gasteiger partial charge in [0.15, 0.2) is 5.96 Å². The third kappa shape index (κ3) is 6.97. The highest BCUT2D eigenvalue weighted by Crippen LogP contribution is 2.16. The molecule has 7 nitrogen and oxygen atoms in total. The summed E-state index contributed by atoms with van der Waals surface area (Å²) < 4.78 is 13.1. The highest BCUT2D eigenvalue weighted by atomic mass is 127. The number of nitrogens with zero attached hydrogens (tertiary/aromatic N) is 3. The summed E-state index contributed by atoms with van der Waals surface area (Å²) in [5, 5.41) is 11.3. The predicted molar refractivity (Wildman–Crippen MR) is 126 cm³/mol. The highest BCUT2D eigenvalue weighted by molar-refractivity contribution is 14.0. The van der Waals surface area contributed by atoms with E-state index in [4.69, 9.17) is 9.47 Å². The van der Waals surface area contributed by atoms with Crippen molar-refractivity contribution < 1.29 is 9.47 Å². The standard InChI is InChI=1S/C21H31N5O2.HI/c1-16-13-17(2)26(25-16)20-8-5-4-7-18(20)14-24-21(22-3)23-10-6-11-28-19-9-12-27-15-19;/h4-5,7-8,13,19H,6,9-12,14-15H2,1-3H3,(H2,22,23,24);1H. The lowest BCUT2D eigenvalue weighted by Crippen LogP contribution is -2.37. The maximum atomic E-state index is 5.79. The van der Waals surface area contributed by atoms with E-state index in [1.807, 2.05) is 23.7 Å². The zero-order valence-corrected chi connectivity index (χ0v) is 19.8. The average Bonchev–Trinajstić information content (AvgIpc) is 3.33. The van der Waals surface area contributed by atoms with Gasteiger partial charge in [0.1, 0.15) is 0 Å². The summed E-state index contributed by atoms with van der Waals surface area (Å²) in [6, 6.07) is 10.4. The second-order valence-electron chi connectivity index (χ2n) is 7.03. The van der Waals surface area contributed by atoms with E-state index < -0.39 is 0 Å². The third-order valence-electron chi connectivity index (χ3n) is 4.75. The number of ether oxygens (including phenoxy) is 2. The summed E-state index contributed by atoms with van der Waals surface area (Å²) in [5.41, 5.74) is 4.40. The van der Waals surface area contributed by atoms with Crippen molar-refractivity contribution in [3.05, 3.63) is 47.3 Å². The Bertz CT molecular complexity index is 787. The normalized spacial score (nSPS) is 16.5. The van der Waals surface area contributed by atoms with Crippen molar-refractivity contribution in [1.82, 2.24) is 20.4 Å². The van der Waals surface area contributed by atoms with E-state index in [9.17, 15) is 0 Å². The molecule has 0 saturated carbocycles. The fourth-order valence-corrected chi connectivity index (χ4v) is 3.31. The summed E-state index contributed by atoms with van der Waals surface area (Å²) in [5.74, 6) is 0.785. The number of aliphatic imine (C=N–C) groups is 1. The summed E-state index contributed by atoms with van der Waals surface area (Å²) in [4.78, 5) is 4.31. The molecule has 1 aliphatic heterocycles. The number of rotatable bonds is 8. The number of guanidine groups is 1. The van der Waals surface area contributed by atoms with Gasteiger partial charge >= 0.3 is 0 Å². The molecule has 1 aliphatic rings. The van der Waals surface area contributed by atoms with E-state index in [2.05, 4.69) is 45.8 Å². The van der Waals surface area contributed by atoms with Crippen LogP contribution < -0.4 is 10.6 Å². The number of halogens is 1. The number of hydrogen-bond donors (Lipinski definition) is 2. The fourth-order valence-electron chi connectivity index (χ4n) is 3.31. The number of nitrogens with one attached hydrogen (secondary N) is 2. The van der Waals surface area contributed by atoms with Crippen molar-refractivity contribution in [3.63, 3.8) is 0 Å². The molecule has 0 aliphatic carbocycles. The Balaban J connectivity index is 0.00000300. The summed E-state index contributed by atoms with van der Waals surface area (Å²) in [7, 11) is 1.79. The zero-order chi connectivity index (χ0) is 19.8. The van der Waals surface area contributed by atoms with Crippen molar-refractivity contribution in [3.8, 4) is 5.69 Å². The molecule has 0 radical (unpaired) electrons. The van der Waals surface area contributed by atoms with Crippen molar-refractivity contribution in [1.29, 1.82) is 0 Å². The van der Waals surface area contributed by atoms with Crippen LogP contribution in [0.4, 0.5) is 0 Å². The minimum Gasteiger partial charge on any atom is -0.379 e. The van der Waals surface area contributed by atoms with Gasteiger partial charge in [0.2, 0.25) is 0 Å². The number of benzene rings is 1. The Morgan fingerprint density at radius 2 is 2.14 bits per heavy atom. The van der Waals surface area contributed by atoms with Gasteiger partial charge in [0.25, 0.3) is 0 Å². The maximum Gasteiger partial charge on any atom is 0.191 e. The second-order valence-corrected chi connectivity index (χ2v) is 7.03. The quantitative estimate of drug-likeness (QED) is 0.246. The number of aromatic nitrogens is 2. The van der Waals surface area contributed by atoms with Crippen LogP contribution in [0, 0.1) is 13.8 Å². The Labute approximate surface area is 190 Å². The van der Waals surface area contributed by atoms with Crippen LogP contribution in [-0.4, -0.2) is 55.3 Å².